The Kier molecular flexibility index (Phi) is 4.32. The van der Waals surface area contributed by atoms with Crippen molar-refractivity contribution in [3.63, 3.8) is 0 Å². The van der Waals surface area contributed by atoms with Crippen molar-refractivity contribution in [2.75, 3.05) is 12.4 Å². The van der Waals surface area contributed by atoms with Crippen LogP contribution in [0.25, 0.3) is 0 Å². The van der Waals surface area contributed by atoms with Crippen LogP contribution in [0.3, 0.4) is 0 Å². The topological polar surface area (TPSA) is 101 Å². The summed E-state index contributed by atoms with van der Waals surface area (Å²) in [6, 6.07) is 3.77. The van der Waals surface area contributed by atoms with Crippen molar-refractivity contribution >= 4 is 21.4 Å². The maximum Gasteiger partial charge on any atom is 0.501 e. The van der Waals surface area contributed by atoms with Gasteiger partial charge in [0.1, 0.15) is 11.4 Å². The number of ether oxygens (including phenoxy) is 1. The molecule has 0 spiro atoms. The number of benzene rings is 1. The predicted octanol–water partition coefficient (Wildman–Crippen LogP) is 1.96. The van der Waals surface area contributed by atoms with Gasteiger partial charge in [-0.1, -0.05) is 0 Å². The number of H-pyrrole nitrogens is 1. The lowest BCUT2D eigenvalue weighted by molar-refractivity contribution is -0.0436. The number of anilines is 1. The molecule has 0 radical (unpaired) electrons. The predicted molar refractivity (Wildman–Crippen MR) is 72.8 cm³/mol. The number of carbonyl (C=O) groups is 1. The molecule has 0 unspecified atom stereocenters. The van der Waals surface area contributed by atoms with Gasteiger partial charge in [-0.25, -0.2) is 8.42 Å². The summed E-state index contributed by atoms with van der Waals surface area (Å²) in [6.07, 6.45) is 1.30. The lowest BCUT2D eigenvalue weighted by Crippen LogP contribution is -2.23. The lowest BCUT2D eigenvalue weighted by Gasteiger charge is -2.13. The van der Waals surface area contributed by atoms with E-state index in [1.165, 1.54) is 19.4 Å². The van der Waals surface area contributed by atoms with Crippen LogP contribution in [0.5, 0.6) is 5.75 Å². The van der Waals surface area contributed by atoms with E-state index in [1.54, 1.807) is 0 Å². The molecular formula is C12H10F3N3O4S. The van der Waals surface area contributed by atoms with Gasteiger partial charge in [0.2, 0.25) is 0 Å². The van der Waals surface area contributed by atoms with Gasteiger partial charge in [0.25, 0.3) is 15.7 Å². The number of alkyl halides is 3. The van der Waals surface area contributed by atoms with E-state index in [2.05, 4.69) is 15.5 Å². The van der Waals surface area contributed by atoms with Crippen molar-refractivity contribution < 1.29 is 31.1 Å². The molecule has 11 heteroatoms. The van der Waals surface area contributed by atoms with Crippen molar-refractivity contribution in [3.8, 4) is 5.75 Å². The molecule has 1 aromatic heterocycles. The standard InChI is InChI=1S/C12H10F3N3O4S/c1-22-10-3-2-7(23(20,21)12(13,14)15)6-9(10)17-11(19)8-4-5-16-18-8/h2-6H,1H3,(H,16,18)(H,17,19). The Morgan fingerprint density at radius 3 is 2.52 bits per heavy atom. The summed E-state index contributed by atoms with van der Waals surface area (Å²) in [5.74, 6) is -0.721. The monoisotopic (exact) mass is 349 g/mol. The first-order valence-electron chi connectivity index (χ1n) is 5.97. The summed E-state index contributed by atoms with van der Waals surface area (Å²) in [5.41, 5.74) is -5.64. The summed E-state index contributed by atoms with van der Waals surface area (Å²) in [4.78, 5) is 10.9. The minimum atomic E-state index is -5.54. The minimum Gasteiger partial charge on any atom is -0.495 e. The van der Waals surface area contributed by atoms with Crippen LogP contribution >= 0.6 is 0 Å². The first kappa shape index (κ1) is 16.8. The third-order valence-corrected chi connectivity index (χ3v) is 4.26. The van der Waals surface area contributed by atoms with E-state index in [-0.39, 0.29) is 17.1 Å². The number of halogens is 3. The number of hydrogen-bond donors (Lipinski definition) is 2. The number of rotatable bonds is 4. The molecule has 0 saturated carbocycles. The molecule has 0 bridgehead atoms. The highest BCUT2D eigenvalue weighted by molar-refractivity contribution is 7.92. The van der Waals surface area contributed by atoms with Gasteiger partial charge in [-0.3, -0.25) is 9.89 Å². The van der Waals surface area contributed by atoms with Crippen molar-refractivity contribution in [2.45, 2.75) is 10.4 Å². The highest BCUT2D eigenvalue weighted by Crippen LogP contribution is 2.34. The second-order valence-electron chi connectivity index (χ2n) is 4.24. The number of sulfone groups is 1. The summed E-state index contributed by atoms with van der Waals surface area (Å²) < 4.78 is 65.5. The second kappa shape index (κ2) is 5.91. The summed E-state index contributed by atoms with van der Waals surface area (Å²) in [6.45, 7) is 0. The third kappa shape index (κ3) is 3.28. The van der Waals surface area contributed by atoms with Gasteiger partial charge in [0.05, 0.1) is 17.7 Å². The first-order valence-corrected chi connectivity index (χ1v) is 7.45. The molecule has 2 aromatic rings. The van der Waals surface area contributed by atoms with Crippen LogP contribution in [0.1, 0.15) is 10.5 Å². The van der Waals surface area contributed by atoms with Crippen LogP contribution in [0.4, 0.5) is 18.9 Å². The van der Waals surface area contributed by atoms with E-state index in [0.717, 1.165) is 12.1 Å². The maximum atomic E-state index is 12.6. The molecule has 23 heavy (non-hydrogen) atoms. The molecule has 0 aliphatic carbocycles. The summed E-state index contributed by atoms with van der Waals surface area (Å²) in [7, 11) is -4.32. The largest absolute Gasteiger partial charge is 0.501 e. The minimum absolute atomic E-state index is 0.000935. The molecule has 2 rings (SSSR count). The molecule has 1 amide bonds. The molecule has 2 N–H and O–H groups in total. The Labute approximate surface area is 128 Å². The van der Waals surface area contributed by atoms with Gasteiger partial charge in [-0.2, -0.15) is 18.3 Å². The Morgan fingerprint density at radius 1 is 1.30 bits per heavy atom. The van der Waals surface area contributed by atoms with Crippen molar-refractivity contribution in [1.82, 2.24) is 10.2 Å². The van der Waals surface area contributed by atoms with Crippen LogP contribution in [0, 0.1) is 0 Å². The smallest absolute Gasteiger partial charge is 0.495 e. The van der Waals surface area contributed by atoms with Gasteiger partial charge >= 0.3 is 5.51 Å². The number of nitrogens with one attached hydrogen (secondary N) is 2. The SMILES string of the molecule is COc1ccc(S(=O)(=O)C(F)(F)F)cc1NC(=O)c1ccn[nH]1. The Bertz CT molecular complexity index is 817. The number of nitrogens with zero attached hydrogens (tertiary/aromatic N) is 1. The normalized spacial score (nSPS) is 12.0. The number of amides is 1. The molecule has 0 fully saturated rings. The number of aromatic nitrogens is 2. The number of aromatic amines is 1. The summed E-state index contributed by atoms with van der Waals surface area (Å²) >= 11 is 0. The van der Waals surface area contributed by atoms with Gasteiger partial charge in [-0.05, 0) is 24.3 Å². The van der Waals surface area contributed by atoms with E-state index in [0.29, 0.717) is 6.07 Å². The quantitative estimate of drug-likeness (QED) is 0.879. The third-order valence-electron chi connectivity index (χ3n) is 2.78. The van der Waals surface area contributed by atoms with Crippen molar-refractivity contribution in [1.29, 1.82) is 0 Å². The van der Waals surface area contributed by atoms with E-state index >= 15 is 0 Å². The highest BCUT2D eigenvalue weighted by Gasteiger charge is 2.47. The van der Waals surface area contributed by atoms with E-state index < -0.39 is 26.1 Å². The van der Waals surface area contributed by atoms with Gasteiger partial charge < -0.3 is 10.1 Å². The number of methoxy groups -OCH3 is 1. The zero-order valence-corrected chi connectivity index (χ0v) is 12.3. The fourth-order valence-electron chi connectivity index (χ4n) is 1.66. The first-order chi connectivity index (χ1) is 10.7. The molecule has 7 nitrogen and oxygen atoms in total. The van der Waals surface area contributed by atoms with Crippen LogP contribution in [-0.4, -0.2) is 37.1 Å². The maximum absolute atomic E-state index is 12.6. The van der Waals surface area contributed by atoms with Gasteiger partial charge in [-0.15, -0.1) is 0 Å². The zero-order chi connectivity index (χ0) is 17.3. The fraction of sp³-hybridized carbons (Fsp3) is 0.167. The van der Waals surface area contributed by atoms with Crippen LogP contribution in [-0.2, 0) is 9.84 Å². The average Bonchev–Trinajstić information content (AvgIpc) is 3.00. The Balaban J connectivity index is 2.43. The van der Waals surface area contributed by atoms with Crippen molar-refractivity contribution in [3.05, 3.63) is 36.2 Å². The van der Waals surface area contributed by atoms with E-state index in [1.807, 2.05) is 0 Å². The molecule has 1 aromatic carbocycles. The molecular weight excluding hydrogens is 339 g/mol. The highest BCUT2D eigenvalue weighted by atomic mass is 32.2. The molecule has 124 valence electrons. The molecule has 0 saturated heterocycles. The molecule has 0 aliphatic rings. The lowest BCUT2D eigenvalue weighted by atomic mass is 10.2. The average molecular weight is 349 g/mol. The van der Waals surface area contributed by atoms with Crippen molar-refractivity contribution in [2.24, 2.45) is 0 Å². The Hall–Kier alpha value is -2.56. The number of hydrogen-bond acceptors (Lipinski definition) is 5. The fourth-order valence-corrected chi connectivity index (χ4v) is 2.45. The van der Waals surface area contributed by atoms with Gasteiger partial charge in [0.15, 0.2) is 0 Å². The molecule has 0 aliphatic heterocycles. The molecule has 1 heterocycles. The van der Waals surface area contributed by atoms with Crippen LogP contribution < -0.4 is 10.1 Å². The zero-order valence-electron chi connectivity index (χ0n) is 11.5. The van der Waals surface area contributed by atoms with Gasteiger partial charge in [0, 0.05) is 6.20 Å². The van der Waals surface area contributed by atoms with Crippen LogP contribution in [0.2, 0.25) is 0 Å². The number of carbonyl (C=O) groups excluding carboxylic acids is 1. The second-order valence-corrected chi connectivity index (χ2v) is 6.18. The van der Waals surface area contributed by atoms with Crippen LogP contribution in [0.15, 0.2) is 35.4 Å². The Morgan fingerprint density at radius 2 is 2.00 bits per heavy atom. The van der Waals surface area contributed by atoms with E-state index in [4.69, 9.17) is 4.74 Å². The summed E-state index contributed by atoms with van der Waals surface area (Å²) in [5, 5.41) is 8.18. The molecule has 0 atom stereocenters. The van der Waals surface area contributed by atoms with E-state index in [9.17, 15) is 26.4 Å².